The van der Waals surface area contributed by atoms with E-state index in [1.807, 2.05) is 6.07 Å². The Morgan fingerprint density at radius 1 is 1.53 bits per heavy atom. The van der Waals surface area contributed by atoms with Gasteiger partial charge in [0.1, 0.15) is 5.75 Å². The van der Waals surface area contributed by atoms with Crippen LogP contribution >= 0.6 is 22.6 Å². The van der Waals surface area contributed by atoms with E-state index in [2.05, 4.69) is 4.74 Å². The molecule has 0 aliphatic rings. The van der Waals surface area contributed by atoms with Crippen molar-refractivity contribution in [2.45, 2.75) is 20.0 Å². The first-order valence-corrected chi connectivity index (χ1v) is 6.39. The fraction of sp³-hybridized carbons (Fsp3) is 0.333. The van der Waals surface area contributed by atoms with E-state index in [4.69, 9.17) is 10.00 Å². The third-order valence-electron chi connectivity index (χ3n) is 2.17. The van der Waals surface area contributed by atoms with Crippen molar-refractivity contribution in [1.29, 1.82) is 5.26 Å². The molecule has 0 spiro atoms. The van der Waals surface area contributed by atoms with Gasteiger partial charge in [0.25, 0.3) is 0 Å². The summed E-state index contributed by atoms with van der Waals surface area (Å²) in [6, 6.07) is 4.78. The van der Waals surface area contributed by atoms with Gasteiger partial charge in [-0.1, -0.05) is 0 Å². The fourth-order valence-electron chi connectivity index (χ4n) is 1.45. The van der Waals surface area contributed by atoms with E-state index in [0.717, 1.165) is 0 Å². The summed E-state index contributed by atoms with van der Waals surface area (Å²) in [6.45, 7) is -1.21. The van der Waals surface area contributed by atoms with E-state index in [1.165, 1.54) is 12.1 Å². The maximum absolute atomic E-state index is 12.4. The van der Waals surface area contributed by atoms with Gasteiger partial charge in [-0.25, -0.2) is 0 Å². The maximum atomic E-state index is 12.4. The number of nitrogens with zero attached hydrogens (tertiary/aromatic N) is 1. The predicted octanol–water partition coefficient (Wildman–Crippen LogP) is 2.87. The van der Waals surface area contributed by atoms with Crippen LogP contribution in [0.2, 0.25) is 0 Å². The van der Waals surface area contributed by atoms with Crippen molar-refractivity contribution < 1.29 is 23.0 Å². The topological polar surface area (TPSA) is 59.3 Å². The molecule has 1 aromatic carbocycles. The van der Waals surface area contributed by atoms with Gasteiger partial charge in [0.05, 0.1) is 28.2 Å². The molecule has 0 aliphatic heterocycles. The monoisotopic (exact) mass is 381 g/mol. The number of hydrogen-bond acceptors (Lipinski definition) is 4. The first-order chi connectivity index (χ1) is 8.99. The van der Waals surface area contributed by atoms with E-state index in [9.17, 15) is 13.6 Å². The number of hydrogen-bond donors (Lipinski definition) is 0. The van der Waals surface area contributed by atoms with Crippen molar-refractivity contribution >= 4 is 28.6 Å². The highest BCUT2D eigenvalue weighted by Gasteiger charge is 2.20. The molecule has 0 bridgehead atoms. The minimum atomic E-state index is -3.02. The van der Waals surface area contributed by atoms with Gasteiger partial charge in [-0.05, 0) is 41.6 Å². The smallest absolute Gasteiger partial charge is 0.387 e. The van der Waals surface area contributed by atoms with Crippen LogP contribution in [0.25, 0.3) is 0 Å². The summed E-state index contributed by atoms with van der Waals surface area (Å²) < 4.78 is 34.3. The summed E-state index contributed by atoms with van der Waals surface area (Å²) in [7, 11) is 0. The number of carbonyl (C=O) groups excluding carboxylic acids is 1. The maximum Gasteiger partial charge on any atom is 0.387 e. The molecule has 0 amide bonds. The van der Waals surface area contributed by atoms with Gasteiger partial charge in [0.15, 0.2) is 0 Å². The molecule has 0 saturated carbocycles. The van der Waals surface area contributed by atoms with Crippen LogP contribution in [0, 0.1) is 14.9 Å². The van der Waals surface area contributed by atoms with Gasteiger partial charge >= 0.3 is 12.6 Å². The minimum absolute atomic E-state index is 0.115. The Labute approximate surface area is 122 Å². The van der Waals surface area contributed by atoms with E-state index in [1.54, 1.807) is 29.5 Å². The summed E-state index contributed by atoms with van der Waals surface area (Å²) in [4.78, 5) is 11.5. The molecule has 0 aliphatic carbocycles. The number of rotatable bonds is 5. The first kappa shape index (κ1) is 15.6. The van der Waals surface area contributed by atoms with Crippen LogP contribution in [0.15, 0.2) is 12.1 Å². The van der Waals surface area contributed by atoms with Crippen molar-refractivity contribution in [3.63, 3.8) is 0 Å². The van der Waals surface area contributed by atoms with Crippen molar-refractivity contribution in [3.05, 3.63) is 26.8 Å². The Bertz CT molecular complexity index is 514. The first-order valence-electron chi connectivity index (χ1n) is 5.31. The standard InChI is InChI=1S/C12H10F2INO3/c1-2-18-10(17)5-8-7(6-16)3-4-9(15)11(8)19-12(13)14/h3-4,12H,2,5H2,1H3. The van der Waals surface area contributed by atoms with Gasteiger partial charge in [0, 0.05) is 5.56 Å². The number of alkyl halides is 2. The van der Waals surface area contributed by atoms with Crippen LogP contribution in [0.3, 0.4) is 0 Å². The summed E-state index contributed by atoms with van der Waals surface area (Å²) >= 11 is 1.80. The molecule has 0 aromatic heterocycles. The molecule has 0 saturated heterocycles. The van der Waals surface area contributed by atoms with E-state index in [-0.39, 0.29) is 29.9 Å². The third kappa shape index (κ3) is 4.31. The molecular weight excluding hydrogens is 371 g/mol. The van der Waals surface area contributed by atoms with Gasteiger partial charge in [-0.3, -0.25) is 4.79 Å². The summed E-state index contributed by atoms with van der Waals surface area (Å²) in [6.07, 6.45) is -0.282. The lowest BCUT2D eigenvalue weighted by atomic mass is 10.0. The largest absolute Gasteiger partial charge is 0.466 e. The molecule has 0 fully saturated rings. The highest BCUT2D eigenvalue weighted by atomic mass is 127. The molecule has 0 unspecified atom stereocenters. The van der Waals surface area contributed by atoms with Crippen LogP contribution in [0.5, 0.6) is 5.75 Å². The minimum Gasteiger partial charge on any atom is -0.466 e. The molecule has 1 aromatic rings. The second-order valence-corrected chi connectivity index (χ2v) is 4.54. The zero-order chi connectivity index (χ0) is 14.4. The molecule has 0 atom stereocenters. The lowest BCUT2D eigenvalue weighted by molar-refractivity contribution is -0.142. The summed E-state index contributed by atoms with van der Waals surface area (Å²) in [5, 5.41) is 8.96. The quantitative estimate of drug-likeness (QED) is 0.582. The zero-order valence-electron chi connectivity index (χ0n) is 9.95. The summed E-state index contributed by atoms with van der Waals surface area (Å²) in [5.41, 5.74) is 0.234. The Morgan fingerprint density at radius 3 is 2.74 bits per heavy atom. The normalized spacial score (nSPS) is 10.1. The molecule has 0 radical (unpaired) electrons. The van der Waals surface area contributed by atoms with Crippen LogP contribution in [-0.4, -0.2) is 19.2 Å². The van der Waals surface area contributed by atoms with Crippen LogP contribution < -0.4 is 4.74 Å². The molecule has 4 nitrogen and oxygen atoms in total. The molecule has 102 valence electrons. The van der Waals surface area contributed by atoms with Crippen LogP contribution in [0.4, 0.5) is 8.78 Å². The molecule has 1 rings (SSSR count). The Kier molecular flexibility index (Phi) is 5.95. The molecular formula is C12H10F2INO3. The number of carbonyl (C=O) groups is 1. The lowest BCUT2D eigenvalue weighted by Crippen LogP contribution is -2.13. The van der Waals surface area contributed by atoms with Crippen molar-refractivity contribution in [3.8, 4) is 11.8 Å². The Balaban J connectivity index is 3.20. The van der Waals surface area contributed by atoms with E-state index >= 15 is 0 Å². The second-order valence-electron chi connectivity index (χ2n) is 3.37. The number of ether oxygens (including phenoxy) is 2. The fourth-order valence-corrected chi connectivity index (χ4v) is 2.08. The van der Waals surface area contributed by atoms with Crippen LogP contribution in [-0.2, 0) is 16.0 Å². The van der Waals surface area contributed by atoms with Crippen molar-refractivity contribution in [2.75, 3.05) is 6.61 Å². The van der Waals surface area contributed by atoms with Crippen LogP contribution in [0.1, 0.15) is 18.1 Å². The predicted molar refractivity (Wildman–Crippen MR) is 70.8 cm³/mol. The molecule has 0 N–H and O–H groups in total. The average Bonchev–Trinajstić information content (AvgIpc) is 2.34. The summed E-state index contributed by atoms with van der Waals surface area (Å²) in [5.74, 6) is -0.747. The van der Waals surface area contributed by atoms with Gasteiger partial charge in [-0.2, -0.15) is 14.0 Å². The van der Waals surface area contributed by atoms with Crippen molar-refractivity contribution in [2.24, 2.45) is 0 Å². The Hall–Kier alpha value is -1.43. The number of benzene rings is 1. The SMILES string of the molecule is CCOC(=O)Cc1c(C#N)ccc(I)c1OC(F)F. The zero-order valence-corrected chi connectivity index (χ0v) is 12.1. The van der Waals surface area contributed by atoms with Gasteiger partial charge in [0.2, 0.25) is 0 Å². The molecule has 19 heavy (non-hydrogen) atoms. The molecule has 0 heterocycles. The van der Waals surface area contributed by atoms with E-state index in [0.29, 0.717) is 3.57 Å². The number of nitriles is 1. The Morgan fingerprint density at radius 2 is 2.21 bits per heavy atom. The average molecular weight is 381 g/mol. The van der Waals surface area contributed by atoms with Gasteiger partial charge in [-0.15, -0.1) is 0 Å². The van der Waals surface area contributed by atoms with Gasteiger partial charge < -0.3 is 9.47 Å². The molecule has 7 heteroatoms. The highest BCUT2D eigenvalue weighted by Crippen LogP contribution is 2.30. The lowest BCUT2D eigenvalue weighted by Gasteiger charge is -2.13. The number of esters is 1. The third-order valence-corrected chi connectivity index (χ3v) is 3.02. The van der Waals surface area contributed by atoms with Crippen molar-refractivity contribution in [1.82, 2.24) is 0 Å². The second kappa shape index (κ2) is 7.23. The highest BCUT2D eigenvalue weighted by molar-refractivity contribution is 14.1. The van der Waals surface area contributed by atoms with E-state index < -0.39 is 12.6 Å². The number of halogens is 3.